The Bertz CT molecular complexity index is 708. The number of hydrogen-bond acceptors (Lipinski definition) is 4. The summed E-state index contributed by atoms with van der Waals surface area (Å²) >= 11 is 0. The van der Waals surface area contributed by atoms with E-state index in [2.05, 4.69) is 12.2 Å². The number of amides is 2. The molecule has 1 aromatic rings. The molecular weight excluding hydrogens is 354 g/mol. The van der Waals surface area contributed by atoms with E-state index < -0.39 is 10.0 Å². The Morgan fingerprint density at radius 2 is 1.81 bits per heavy atom. The Balaban J connectivity index is 1.46. The quantitative estimate of drug-likeness (QED) is 0.736. The Kier molecular flexibility index (Phi) is 6.03. The predicted octanol–water partition coefficient (Wildman–Crippen LogP) is 2.51. The fraction of sp³-hybridized carbons (Fsp3) is 0.611. The van der Waals surface area contributed by atoms with Crippen LogP contribution in [0.15, 0.2) is 24.3 Å². The minimum absolute atomic E-state index is 0.194. The van der Waals surface area contributed by atoms with Crippen LogP contribution in [-0.4, -0.2) is 61.7 Å². The van der Waals surface area contributed by atoms with Crippen LogP contribution >= 0.6 is 0 Å². The summed E-state index contributed by atoms with van der Waals surface area (Å²) in [5, 5.41) is 2.66. The molecule has 144 valence electrons. The minimum atomic E-state index is -3.15. The van der Waals surface area contributed by atoms with Gasteiger partial charge in [-0.3, -0.25) is 0 Å². The number of benzene rings is 1. The number of anilines is 1. The summed E-state index contributed by atoms with van der Waals surface area (Å²) in [6.07, 6.45) is 3.63. The molecule has 7 nitrogen and oxygen atoms in total. The van der Waals surface area contributed by atoms with E-state index in [-0.39, 0.29) is 11.3 Å². The van der Waals surface area contributed by atoms with Crippen LogP contribution in [0.5, 0.6) is 5.75 Å². The number of nitrogens with zero attached hydrogens (tertiary/aromatic N) is 2. The maximum Gasteiger partial charge on any atom is 0.321 e. The monoisotopic (exact) mass is 381 g/mol. The van der Waals surface area contributed by atoms with Crippen LogP contribution in [0.2, 0.25) is 0 Å². The molecule has 1 aliphatic carbocycles. The number of carbonyl (C=O) groups excluding carboxylic acids is 1. The highest BCUT2D eigenvalue weighted by Crippen LogP contribution is 2.31. The molecule has 1 aromatic carbocycles. The number of urea groups is 1. The van der Waals surface area contributed by atoms with E-state index in [1.165, 1.54) is 4.31 Å². The second-order valence-corrected chi connectivity index (χ2v) is 9.00. The predicted molar refractivity (Wildman–Crippen MR) is 101 cm³/mol. The SMILES string of the molecule is CCCCOc1ccc(NC(=O)N2CCN(S(=O)(=O)C3CC3)CC2)cc1. The summed E-state index contributed by atoms with van der Waals surface area (Å²) in [6.45, 7) is 4.37. The summed E-state index contributed by atoms with van der Waals surface area (Å²) in [5.74, 6) is 0.787. The zero-order valence-electron chi connectivity index (χ0n) is 15.2. The summed E-state index contributed by atoms with van der Waals surface area (Å²) < 4.78 is 31.6. The first kappa shape index (κ1) is 19.0. The molecular formula is C18H27N3O4S. The van der Waals surface area contributed by atoms with Crippen molar-refractivity contribution in [3.05, 3.63) is 24.3 Å². The second kappa shape index (κ2) is 8.26. The van der Waals surface area contributed by atoms with E-state index in [1.807, 2.05) is 24.3 Å². The molecule has 1 saturated carbocycles. The molecule has 0 aromatic heterocycles. The lowest BCUT2D eigenvalue weighted by molar-refractivity contribution is 0.184. The molecule has 1 aliphatic heterocycles. The van der Waals surface area contributed by atoms with Gasteiger partial charge < -0.3 is 15.0 Å². The van der Waals surface area contributed by atoms with Crippen molar-refractivity contribution >= 4 is 21.7 Å². The summed E-state index contributed by atoms with van der Waals surface area (Å²) in [4.78, 5) is 14.0. The normalized spacial score (nSPS) is 18.6. The van der Waals surface area contributed by atoms with Crippen molar-refractivity contribution in [2.75, 3.05) is 38.1 Å². The van der Waals surface area contributed by atoms with Crippen molar-refractivity contribution < 1.29 is 17.9 Å². The molecule has 1 N–H and O–H groups in total. The van der Waals surface area contributed by atoms with Crippen LogP contribution in [0, 0.1) is 0 Å². The lowest BCUT2D eigenvalue weighted by Crippen LogP contribution is -2.52. The molecule has 2 amide bonds. The Labute approximate surface area is 155 Å². The molecule has 2 aliphatic rings. The summed E-state index contributed by atoms with van der Waals surface area (Å²) in [7, 11) is -3.15. The van der Waals surface area contributed by atoms with Gasteiger partial charge in [-0.25, -0.2) is 13.2 Å². The Morgan fingerprint density at radius 1 is 1.15 bits per heavy atom. The number of rotatable bonds is 7. The van der Waals surface area contributed by atoms with Crippen molar-refractivity contribution in [1.82, 2.24) is 9.21 Å². The molecule has 2 fully saturated rings. The van der Waals surface area contributed by atoms with E-state index in [1.54, 1.807) is 4.90 Å². The van der Waals surface area contributed by atoms with Crippen LogP contribution in [0.1, 0.15) is 32.6 Å². The smallest absolute Gasteiger partial charge is 0.321 e. The molecule has 8 heteroatoms. The summed E-state index contributed by atoms with van der Waals surface area (Å²) in [6, 6.07) is 7.10. The van der Waals surface area contributed by atoms with E-state index in [0.29, 0.717) is 38.5 Å². The van der Waals surface area contributed by atoms with Crippen molar-refractivity contribution in [2.45, 2.75) is 37.9 Å². The first-order valence-electron chi connectivity index (χ1n) is 9.28. The van der Waals surface area contributed by atoms with Gasteiger partial charge in [0.25, 0.3) is 0 Å². The maximum absolute atomic E-state index is 12.4. The average molecular weight is 381 g/mol. The van der Waals surface area contributed by atoms with Gasteiger partial charge >= 0.3 is 6.03 Å². The fourth-order valence-corrected chi connectivity index (χ4v) is 4.72. The number of carbonyl (C=O) groups is 1. The zero-order chi connectivity index (χ0) is 18.6. The second-order valence-electron chi connectivity index (χ2n) is 6.79. The third-order valence-corrected chi connectivity index (χ3v) is 7.10. The molecule has 0 radical (unpaired) electrons. The molecule has 0 unspecified atom stereocenters. The minimum Gasteiger partial charge on any atom is -0.494 e. The Morgan fingerprint density at radius 3 is 2.38 bits per heavy atom. The number of ether oxygens (including phenoxy) is 1. The zero-order valence-corrected chi connectivity index (χ0v) is 16.0. The van der Waals surface area contributed by atoms with E-state index in [9.17, 15) is 13.2 Å². The van der Waals surface area contributed by atoms with Crippen LogP contribution in [0.25, 0.3) is 0 Å². The molecule has 1 heterocycles. The van der Waals surface area contributed by atoms with Gasteiger partial charge in [-0.05, 0) is 43.5 Å². The van der Waals surface area contributed by atoms with Crippen molar-refractivity contribution in [3.63, 3.8) is 0 Å². The third kappa shape index (κ3) is 4.67. The van der Waals surface area contributed by atoms with Crippen LogP contribution in [-0.2, 0) is 10.0 Å². The molecule has 0 atom stereocenters. The standard InChI is InChI=1S/C18H27N3O4S/c1-2-3-14-25-16-6-4-15(5-7-16)19-18(22)20-10-12-21(13-11-20)26(23,24)17-8-9-17/h4-7,17H,2-3,8-14H2,1H3,(H,19,22). The van der Waals surface area contributed by atoms with Gasteiger partial charge in [-0.2, -0.15) is 4.31 Å². The molecule has 0 bridgehead atoms. The highest BCUT2D eigenvalue weighted by atomic mass is 32.2. The number of nitrogens with one attached hydrogen (secondary N) is 1. The third-order valence-electron chi connectivity index (χ3n) is 4.70. The first-order chi connectivity index (χ1) is 12.5. The largest absolute Gasteiger partial charge is 0.494 e. The van der Waals surface area contributed by atoms with Crippen molar-refractivity contribution in [2.24, 2.45) is 0 Å². The van der Waals surface area contributed by atoms with Gasteiger partial charge in [-0.15, -0.1) is 0 Å². The van der Waals surface area contributed by atoms with Gasteiger partial charge in [0.1, 0.15) is 5.75 Å². The average Bonchev–Trinajstić information content (AvgIpc) is 3.49. The Hall–Kier alpha value is -1.80. The van der Waals surface area contributed by atoms with Crippen LogP contribution in [0.3, 0.4) is 0 Å². The van der Waals surface area contributed by atoms with Crippen molar-refractivity contribution in [3.8, 4) is 5.75 Å². The van der Waals surface area contributed by atoms with E-state index in [4.69, 9.17) is 4.74 Å². The number of hydrogen-bond donors (Lipinski definition) is 1. The molecule has 3 rings (SSSR count). The topological polar surface area (TPSA) is 79.0 Å². The number of unbranched alkanes of at least 4 members (excludes halogenated alkanes) is 1. The fourth-order valence-electron chi connectivity index (χ4n) is 2.89. The lowest BCUT2D eigenvalue weighted by atomic mass is 10.3. The number of piperazine rings is 1. The molecule has 26 heavy (non-hydrogen) atoms. The molecule has 1 saturated heterocycles. The van der Waals surface area contributed by atoms with Crippen molar-refractivity contribution in [1.29, 1.82) is 0 Å². The lowest BCUT2D eigenvalue weighted by Gasteiger charge is -2.34. The number of sulfonamides is 1. The van der Waals surface area contributed by atoms with Gasteiger partial charge in [0.05, 0.1) is 11.9 Å². The van der Waals surface area contributed by atoms with E-state index >= 15 is 0 Å². The molecule has 0 spiro atoms. The van der Waals surface area contributed by atoms with Crippen LogP contribution in [0.4, 0.5) is 10.5 Å². The van der Waals surface area contributed by atoms with Gasteiger partial charge in [-0.1, -0.05) is 13.3 Å². The summed E-state index contributed by atoms with van der Waals surface area (Å²) in [5.41, 5.74) is 0.700. The highest BCUT2D eigenvalue weighted by Gasteiger charge is 2.41. The van der Waals surface area contributed by atoms with Crippen LogP contribution < -0.4 is 10.1 Å². The van der Waals surface area contributed by atoms with Gasteiger partial charge in [0, 0.05) is 31.9 Å². The van der Waals surface area contributed by atoms with Gasteiger partial charge in [0.2, 0.25) is 10.0 Å². The first-order valence-corrected chi connectivity index (χ1v) is 10.8. The van der Waals surface area contributed by atoms with E-state index in [0.717, 1.165) is 31.4 Å². The maximum atomic E-state index is 12.4. The van der Waals surface area contributed by atoms with Gasteiger partial charge in [0.15, 0.2) is 0 Å². The highest BCUT2D eigenvalue weighted by molar-refractivity contribution is 7.90.